The van der Waals surface area contributed by atoms with E-state index in [-0.39, 0.29) is 0 Å². The van der Waals surface area contributed by atoms with Crippen molar-refractivity contribution in [3.8, 4) is 0 Å². The highest BCUT2D eigenvalue weighted by atomic mass is 32.2. The lowest BCUT2D eigenvalue weighted by atomic mass is 9.93. The molecule has 82 valence electrons. The fourth-order valence-corrected chi connectivity index (χ4v) is 4.74. The van der Waals surface area contributed by atoms with Crippen LogP contribution in [0.5, 0.6) is 0 Å². The second-order valence-corrected chi connectivity index (χ2v) is 6.18. The molecule has 0 aromatic carbocycles. The van der Waals surface area contributed by atoms with Crippen LogP contribution in [0.15, 0.2) is 0 Å². The van der Waals surface area contributed by atoms with Gasteiger partial charge in [0.2, 0.25) is 0 Å². The number of nitrogens with one attached hydrogen (secondary N) is 1. The summed E-state index contributed by atoms with van der Waals surface area (Å²) in [5, 5.41) is 3.84. The molecule has 1 saturated heterocycles. The van der Waals surface area contributed by atoms with E-state index in [0.29, 0.717) is 4.87 Å². The first kappa shape index (κ1) is 10.8. The zero-order valence-electron chi connectivity index (χ0n) is 9.35. The van der Waals surface area contributed by atoms with E-state index in [4.69, 9.17) is 0 Å². The molecule has 2 fully saturated rings. The molecule has 14 heavy (non-hydrogen) atoms. The van der Waals surface area contributed by atoms with Crippen LogP contribution in [0.3, 0.4) is 0 Å². The quantitative estimate of drug-likeness (QED) is 0.771. The van der Waals surface area contributed by atoms with Crippen molar-refractivity contribution in [3.05, 3.63) is 0 Å². The molecular weight excluding hydrogens is 190 g/mol. The number of hydrogen-bond acceptors (Lipinski definition) is 2. The lowest BCUT2D eigenvalue weighted by molar-refractivity contribution is 0.293. The minimum Gasteiger partial charge on any atom is -0.303 e. The molecule has 1 saturated carbocycles. The predicted octanol–water partition coefficient (Wildman–Crippen LogP) is 3.40. The molecule has 1 aliphatic heterocycles. The fourth-order valence-electron chi connectivity index (χ4n) is 3.07. The van der Waals surface area contributed by atoms with Crippen LogP contribution < -0.4 is 5.32 Å². The van der Waals surface area contributed by atoms with Gasteiger partial charge in [-0.25, -0.2) is 0 Å². The summed E-state index contributed by atoms with van der Waals surface area (Å²) in [4.78, 5) is 0.476. The van der Waals surface area contributed by atoms with Crippen molar-refractivity contribution in [3.63, 3.8) is 0 Å². The summed E-state index contributed by atoms with van der Waals surface area (Å²) in [6.07, 6.45) is 9.96. The average Bonchev–Trinajstić information content (AvgIpc) is 2.73. The Morgan fingerprint density at radius 1 is 1.29 bits per heavy atom. The Morgan fingerprint density at radius 3 is 2.64 bits per heavy atom. The van der Waals surface area contributed by atoms with Crippen molar-refractivity contribution in [2.45, 2.75) is 56.7 Å². The lowest BCUT2D eigenvalue weighted by Gasteiger charge is -2.42. The molecule has 0 radical (unpaired) electrons. The Balaban J connectivity index is 2.02. The summed E-state index contributed by atoms with van der Waals surface area (Å²) >= 11 is 2.22. The van der Waals surface area contributed by atoms with Crippen molar-refractivity contribution in [2.24, 2.45) is 5.92 Å². The van der Waals surface area contributed by atoms with Gasteiger partial charge >= 0.3 is 0 Å². The van der Waals surface area contributed by atoms with Gasteiger partial charge in [-0.05, 0) is 43.9 Å². The maximum atomic E-state index is 3.84. The Bertz CT molecular complexity index is 164. The average molecular weight is 213 g/mol. The van der Waals surface area contributed by atoms with Crippen LogP contribution in [-0.4, -0.2) is 17.2 Å². The number of thioether (sulfide) groups is 1. The van der Waals surface area contributed by atoms with Gasteiger partial charge in [0.05, 0.1) is 4.87 Å². The first-order valence-corrected chi connectivity index (χ1v) is 7.25. The maximum Gasteiger partial charge on any atom is 0.0673 e. The van der Waals surface area contributed by atoms with E-state index in [0.717, 1.165) is 5.92 Å². The fraction of sp³-hybridized carbons (Fsp3) is 1.00. The van der Waals surface area contributed by atoms with Crippen LogP contribution in [0.4, 0.5) is 0 Å². The molecule has 0 spiro atoms. The summed E-state index contributed by atoms with van der Waals surface area (Å²) in [5.74, 6) is 2.34. The van der Waals surface area contributed by atoms with E-state index in [9.17, 15) is 0 Å². The Kier molecular flexibility index (Phi) is 3.78. The van der Waals surface area contributed by atoms with E-state index in [1.165, 1.54) is 57.2 Å². The summed E-state index contributed by atoms with van der Waals surface area (Å²) in [6, 6.07) is 0. The van der Waals surface area contributed by atoms with Crippen molar-refractivity contribution in [2.75, 3.05) is 12.3 Å². The topological polar surface area (TPSA) is 12.0 Å². The van der Waals surface area contributed by atoms with Gasteiger partial charge in [0.1, 0.15) is 0 Å². The first-order valence-electron chi connectivity index (χ1n) is 6.26. The summed E-state index contributed by atoms with van der Waals surface area (Å²) in [6.45, 7) is 3.58. The Hall–Kier alpha value is 0.310. The summed E-state index contributed by atoms with van der Waals surface area (Å²) in [5.41, 5.74) is 0. The van der Waals surface area contributed by atoms with Crippen LogP contribution in [0, 0.1) is 5.92 Å². The molecule has 0 amide bonds. The van der Waals surface area contributed by atoms with Gasteiger partial charge in [0.15, 0.2) is 0 Å². The standard InChI is InChI=1S/C12H23NS/c1-2-8-12(11-6-3-4-7-11)13-9-5-10-14-12/h11,13H,2-10H2,1H3. The van der Waals surface area contributed by atoms with Gasteiger partial charge in [-0.1, -0.05) is 26.2 Å². The molecule has 0 bridgehead atoms. The van der Waals surface area contributed by atoms with Gasteiger partial charge in [0.25, 0.3) is 0 Å². The first-order chi connectivity index (χ1) is 6.87. The SMILES string of the molecule is CCCC1(C2CCCC2)NCCCS1. The molecular formula is C12H23NS. The molecule has 1 aliphatic carbocycles. The highest BCUT2D eigenvalue weighted by Crippen LogP contribution is 2.45. The largest absolute Gasteiger partial charge is 0.303 e. The highest BCUT2D eigenvalue weighted by molar-refractivity contribution is 8.00. The molecule has 1 N–H and O–H groups in total. The molecule has 2 aliphatic rings. The number of rotatable bonds is 3. The van der Waals surface area contributed by atoms with Crippen LogP contribution in [0.25, 0.3) is 0 Å². The third-order valence-electron chi connectivity index (χ3n) is 3.74. The second-order valence-electron chi connectivity index (χ2n) is 4.75. The predicted molar refractivity (Wildman–Crippen MR) is 64.7 cm³/mol. The molecule has 1 heterocycles. The molecule has 2 rings (SSSR count). The third kappa shape index (κ3) is 2.11. The smallest absolute Gasteiger partial charge is 0.0673 e. The molecule has 0 aromatic rings. The van der Waals surface area contributed by atoms with E-state index >= 15 is 0 Å². The molecule has 2 heteroatoms. The summed E-state index contributed by atoms with van der Waals surface area (Å²) < 4.78 is 0. The van der Waals surface area contributed by atoms with E-state index in [1.807, 2.05) is 0 Å². The van der Waals surface area contributed by atoms with Gasteiger partial charge in [-0.3, -0.25) is 0 Å². The van der Waals surface area contributed by atoms with Gasteiger partial charge in [0, 0.05) is 0 Å². The molecule has 1 unspecified atom stereocenters. The van der Waals surface area contributed by atoms with Crippen LogP contribution in [-0.2, 0) is 0 Å². The van der Waals surface area contributed by atoms with Gasteiger partial charge in [-0.2, -0.15) is 0 Å². The van der Waals surface area contributed by atoms with Crippen molar-refractivity contribution in [1.29, 1.82) is 0 Å². The highest BCUT2D eigenvalue weighted by Gasteiger charge is 2.40. The number of hydrogen-bond donors (Lipinski definition) is 1. The summed E-state index contributed by atoms with van der Waals surface area (Å²) in [7, 11) is 0. The minimum absolute atomic E-state index is 0.476. The second kappa shape index (κ2) is 4.89. The van der Waals surface area contributed by atoms with Crippen molar-refractivity contribution in [1.82, 2.24) is 5.32 Å². The Labute approximate surface area is 92.4 Å². The molecule has 1 nitrogen and oxygen atoms in total. The monoisotopic (exact) mass is 213 g/mol. The van der Waals surface area contributed by atoms with E-state index in [1.54, 1.807) is 0 Å². The molecule has 1 atom stereocenters. The zero-order valence-corrected chi connectivity index (χ0v) is 10.2. The molecule has 0 aromatic heterocycles. The van der Waals surface area contributed by atoms with Gasteiger partial charge < -0.3 is 5.32 Å². The maximum absolute atomic E-state index is 3.84. The minimum atomic E-state index is 0.476. The normalized spacial score (nSPS) is 34.9. The van der Waals surface area contributed by atoms with E-state index < -0.39 is 0 Å². The van der Waals surface area contributed by atoms with Crippen LogP contribution in [0.1, 0.15) is 51.9 Å². The van der Waals surface area contributed by atoms with Crippen molar-refractivity contribution >= 4 is 11.8 Å². The third-order valence-corrected chi connectivity index (χ3v) is 5.43. The van der Waals surface area contributed by atoms with Crippen LogP contribution >= 0.6 is 11.8 Å². The van der Waals surface area contributed by atoms with E-state index in [2.05, 4.69) is 24.0 Å². The van der Waals surface area contributed by atoms with Gasteiger partial charge in [-0.15, -0.1) is 11.8 Å². The van der Waals surface area contributed by atoms with Crippen molar-refractivity contribution < 1.29 is 0 Å². The lowest BCUT2D eigenvalue weighted by Crippen LogP contribution is -2.50. The zero-order chi connectivity index (χ0) is 9.86. The Morgan fingerprint density at radius 2 is 2.07 bits per heavy atom. The van der Waals surface area contributed by atoms with Crippen LogP contribution in [0.2, 0.25) is 0 Å².